The SMILES string of the molecule is CCC(CC)Cc1ccc(OCc2ccc(C)cc2)c(Cl)c1. The van der Waals surface area contributed by atoms with Crippen LogP contribution in [0, 0.1) is 12.8 Å². The van der Waals surface area contributed by atoms with E-state index in [9.17, 15) is 0 Å². The van der Waals surface area contributed by atoms with Gasteiger partial charge in [0.15, 0.2) is 0 Å². The van der Waals surface area contributed by atoms with Crippen molar-refractivity contribution in [2.75, 3.05) is 0 Å². The van der Waals surface area contributed by atoms with Crippen LogP contribution in [0.3, 0.4) is 0 Å². The zero-order valence-corrected chi connectivity index (χ0v) is 14.5. The molecule has 0 saturated heterocycles. The summed E-state index contributed by atoms with van der Waals surface area (Å²) >= 11 is 6.37. The zero-order chi connectivity index (χ0) is 15.9. The number of ether oxygens (including phenoxy) is 1. The molecule has 2 rings (SSSR count). The Morgan fingerprint density at radius 3 is 2.18 bits per heavy atom. The number of rotatable bonds is 7. The van der Waals surface area contributed by atoms with Crippen LogP contribution in [0.25, 0.3) is 0 Å². The minimum absolute atomic E-state index is 0.548. The predicted molar refractivity (Wildman–Crippen MR) is 94.7 cm³/mol. The number of hydrogen-bond donors (Lipinski definition) is 0. The molecule has 118 valence electrons. The van der Waals surface area contributed by atoms with Gasteiger partial charge in [0.25, 0.3) is 0 Å². The predicted octanol–water partition coefficient (Wildman–Crippen LogP) is 6.21. The Kier molecular flexibility index (Phi) is 6.33. The fourth-order valence-electron chi connectivity index (χ4n) is 2.54. The van der Waals surface area contributed by atoms with Crippen LogP contribution in [0.4, 0.5) is 0 Å². The Hall–Kier alpha value is -1.47. The van der Waals surface area contributed by atoms with Crippen LogP contribution >= 0.6 is 11.6 Å². The van der Waals surface area contributed by atoms with Crippen molar-refractivity contribution in [3.63, 3.8) is 0 Å². The smallest absolute Gasteiger partial charge is 0.138 e. The van der Waals surface area contributed by atoms with Crippen LogP contribution in [-0.2, 0) is 13.0 Å². The lowest BCUT2D eigenvalue weighted by Crippen LogP contribution is -2.02. The van der Waals surface area contributed by atoms with Gasteiger partial charge in [-0.2, -0.15) is 0 Å². The molecule has 2 heteroatoms. The molecule has 0 heterocycles. The van der Waals surface area contributed by atoms with E-state index < -0.39 is 0 Å². The summed E-state index contributed by atoms with van der Waals surface area (Å²) in [6, 6.07) is 14.5. The number of benzene rings is 2. The van der Waals surface area contributed by atoms with E-state index in [0.717, 1.165) is 23.7 Å². The van der Waals surface area contributed by atoms with Crippen molar-refractivity contribution in [2.24, 2.45) is 5.92 Å². The molecule has 0 amide bonds. The van der Waals surface area contributed by atoms with Gasteiger partial charge < -0.3 is 4.74 Å². The summed E-state index contributed by atoms with van der Waals surface area (Å²) in [6.07, 6.45) is 3.50. The van der Waals surface area contributed by atoms with E-state index in [1.54, 1.807) is 0 Å². The molecule has 22 heavy (non-hydrogen) atoms. The van der Waals surface area contributed by atoms with E-state index >= 15 is 0 Å². The molecule has 2 aromatic rings. The highest BCUT2D eigenvalue weighted by Crippen LogP contribution is 2.28. The van der Waals surface area contributed by atoms with E-state index in [-0.39, 0.29) is 0 Å². The lowest BCUT2D eigenvalue weighted by molar-refractivity contribution is 0.306. The molecule has 0 N–H and O–H groups in total. The standard InChI is InChI=1S/C20H25ClO/c1-4-16(5-2)12-18-10-11-20(19(21)13-18)22-14-17-8-6-15(3)7-9-17/h6-11,13,16H,4-5,12,14H2,1-3H3. The summed E-state index contributed by atoms with van der Waals surface area (Å²) < 4.78 is 5.84. The lowest BCUT2D eigenvalue weighted by atomic mass is 9.95. The van der Waals surface area contributed by atoms with Crippen LogP contribution in [0.5, 0.6) is 5.75 Å². The number of halogens is 1. The normalized spacial score (nSPS) is 11.0. The van der Waals surface area contributed by atoms with Crippen molar-refractivity contribution in [3.05, 3.63) is 64.2 Å². The minimum Gasteiger partial charge on any atom is -0.487 e. The van der Waals surface area contributed by atoms with Gasteiger partial charge in [-0.3, -0.25) is 0 Å². The summed E-state index contributed by atoms with van der Waals surface area (Å²) in [5, 5.41) is 0.704. The molecule has 0 aliphatic heterocycles. The largest absolute Gasteiger partial charge is 0.487 e. The van der Waals surface area contributed by atoms with Crippen molar-refractivity contribution >= 4 is 11.6 Å². The molecule has 0 bridgehead atoms. The van der Waals surface area contributed by atoms with Crippen molar-refractivity contribution < 1.29 is 4.74 Å². The van der Waals surface area contributed by atoms with Gasteiger partial charge in [0.05, 0.1) is 5.02 Å². The van der Waals surface area contributed by atoms with Gasteiger partial charge >= 0.3 is 0 Å². The van der Waals surface area contributed by atoms with E-state index in [1.807, 2.05) is 12.1 Å². The molecular formula is C20H25ClO. The molecule has 0 spiro atoms. The summed E-state index contributed by atoms with van der Waals surface area (Å²) in [6.45, 7) is 7.12. The summed E-state index contributed by atoms with van der Waals surface area (Å²) in [7, 11) is 0. The van der Waals surface area contributed by atoms with Crippen molar-refractivity contribution in [1.82, 2.24) is 0 Å². The van der Waals surface area contributed by atoms with Crippen LogP contribution < -0.4 is 4.74 Å². The minimum atomic E-state index is 0.548. The maximum absolute atomic E-state index is 6.37. The van der Waals surface area contributed by atoms with Gasteiger partial charge in [-0.05, 0) is 42.5 Å². The van der Waals surface area contributed by atoms with Crippen molar-refractivity contribution in [1.29, 1.82) is 0 Å². The highest BCUT2D eigenvalue weighted by molar-refractivity contribution is 6.32. The average molecular weight is 317 g/mol. The second-order valence-corrected chi connectivity index (χ2v) is 6.33. The third-order valence-corrected chi connectivity index (χ3v) is 4.49. The maximum atomic E-state index is 6.37. The molecule has 0 fully saturated rings. The lowest BCUT2D eigenvalue weighted by Gasteiger charge is -2.14. The summed E-state index contributed by atoms with van der Waals surface area (Å²) in [5.74, 6) is 1.49. The van der Waals surface area contributed by atoms with E-state index in [2.05, 4.69) is 51.1 Å². The van der Waals surface area contributed by atoms with E-state index in [1.165, 1.54) is 24.0 Å². The van der Waals surface area contributed by atoms with Gasteiger partial charge in [-0.1, -0.05) is 74.2 Å². The molecular weight excluding hydrogens is 292 g/mol. The van der Waals surface area contributed by atoms with Crippen LogP contribution in [0.2, 0.25) is 5.02 Å². The molecule has 0 aliphatic carbocycles. The first-order valence-electron chi connectivity index (χ1n) is 8.09. The first kappa shape index (κ1) is 16.9. The third kappa shape index (κ3) is 4.78. The van der Waals surface area contributed by atoms with Gasteiger partial charge in [-0.15, -0.1) is 0 Å². The molecule has 0 atom stereocenters. The van der Waals surface area contributed by atoms with E-state index in [0.29, 0.717) is 11.6 Å². The Bertz CT molecular complexity index is 585. The first-order valence-corrected chi connectivity index (χ1v) is 8.47. The van der Waals surface area contributed by atoms with Gasteiger partial charge in [0.1, 0.15) is 12.4 Å². The fourth-order valence-corrected chi connectivity index (χ4v) is 2.80. The highest BCUT2D eigenvalue weighted by atomic mass is 35.5. The number of aryl methyl sites for hydroxylation is 1. The monoisotopic (exact) mass is 316 g/mol. The quantitative estimate of drug-likeness (QED) is 0.590. The molecule has 0 saturated carbocycles. The highest BCUT2D eigenvalue weighted by Gasteiger charge is 2.08. The van der Waals surface area contributed by atoms with Crippen LogP contribution in [0.15, 0.2) is 42.5 Å². The Labute approximate surface area is 139 Å². The topological polar surface area (TPSA) is 9.23 Å². The Balaban J connectivity index is 1.98. The van der Waals surface area contributed by atoms with Gasteiger partial charge in [0, 0.05) is 0 Å². The fraction of sp³-hybridized carbons (Fsp3) is 0.400. The summed E-state index contributed by atoms with van der Waals surface area (Å²) in [4.78, 5) is 0. The molecule has 0 aromatic heterocycles. The Morgan fingerprint density at radius 1 is 0.955 bits per heavy atom. The third-order valence-electron chi connectivity index (χ3n) is 4.19. The zero-order valence-electron chi connectivity index (χ0n) is 13.7. The maximum Gasteiger partial charge on any atom is 0.138 e. The van der Waals surface area contributed by atoms with Gasteiger partial charge in [-0.25, -0.2) is 0 Å². The second kappa shape index (κ2) is 8.24. The summed E-state index contributed by atoms with van der Waals surface area (Å²) in [5.41, 5.74) is 3.71. The Morgan fingerprint density at radius 2 is 1.59 bits per heavy atom. The molecule has 0 aliphatic rings. The first-order chi connectivity index (χ1) is 10.6. The van der Waals surface area contributed by atoms with Crippen molar-refractivity contribution in [3.8, 4) is 5.75 Å². The van der Waals surface area contributed by atoms with Crippen molar-refractivity contribution in [2.45, 2.75) is 46.6 Å². The van der Waals surface area contributed by atoms with Gasteiger partial charge in [0.2, 0.25) is 0 Å². The molecule has 2 aromatic carbocycles. The number of hydrogen-bond acceptors (Lipinski definition) is 1. The second-order valence-electron chi connectivity index (χ2n) is 5.93. The van der Waals surface area contributed by atoms with Crippen LogP contribution in [0.1, 0.15) is 43.4 Å². The molecule has 0 unspecified atom stereocenters. The molecule has 1 nitrogen and oxygen atoms in total. The van der Waals surface area contributed by atoms with E-state index in [4.69, 9.17) is 16.3 Å². The average Bonchev–Trinajstić information content (AvgIpc) is 2.53. The molecule has 0 radical (unpaired) electrons. The van der Waals surface area contributed by atoms with Crippen LogP contribution in [-0.4, -0.2) is 0 Å².